The van der Waals surface area contributed by atoms with Gasteiger partial charge in [0, 0.05) is 35.9 Å². The second-order valence-electron chi connectivity index (χ2n) is 5.36. The molecular weight excluding hydrogens is 297 g/mol. The van der Waals surface area contributed by atoms with Crippen LogP contribution in [0.5, 0.6) is 0 Å². The summed E-state index contributed by atoms with van der Waals surface area (Å²) in [6.07, 6.45) is 0. The minimum absolute atomic E-state index is 0.213. The first-order valence-electron chi connectivity index (χ1n) is 7.11. The Morgan fingerprint density at radius 3 is 2.59 bits per heavy atom. The van der Waals surface area contributed by atoms with E-state index in [1.54, 1.807) is 23.5 Å². The van der Waals surface area contributed by atoms with Crippen molar-refractivity contribution in [3.8, 4) is 11.3 Å². The molecule has 0 bridgehead atoms. The van der Waals surface area contributed by atoms with Gasteiger partial charge in [-0.2, -0.15) is 0 Å². The molecule has 0 aliphatic carbocycles. The number of anilines is 1. The molecule has 0 radical (unpaired) electrons. The van der Waals surface area contributed by atoms with Gasteiger partial charge in [-0.05, 0) is 37.6 Å². The molecule has 5 heteroatoms. The lowest BCUT2D eigenvalue weighted by Crippen LogP contribution is -1.99. The van der Waals surface area contributed by atoms with Crippen LogP contribution in [0.1, 0.15) is 17.0 Å². The highest BCUT2D eigenvalue weighted by atomic mass is 32.1. The molecule has 0 aliphatic rings. The van der Waals surface area contributed by atoms with Gasteiger partial charge in [0.2, 0.25) is 0 Å². The van der Waals surface area contributed by atoms with Crippen LogP contribution in [-0.4, -0.2) is 9.55 Å². The highest BCUT2D eigenvalue weighted by molar-refractivity contribution is 7.14. The standard InChI is InChI=1S/C17H18FN3S/c1-11-8-15(12(2)21(11)3)16-10-22-17(20-16)19-9-13-4-6-14(18)7-5-13/h4-8,10H,9H2,1-3H3,(H,19,20). The molecular formula is C17H18FN3S. The summed E-state index contributed by atoms with van der Waals surface area (Å²) in [5.74, 6) is -0.213. The summed E-state index contributed by atoms with van der Waals surface area (Å²) in [5, 5.41) is 6.23. The van der Waals surface area contributed by atoms with Gasteiger partial charge in [-0.25, -0.2) is 9.37 Å². The van der Waals surface area contributed by atoms with Crippen LogP contribution >= 0.6 is 11.3 Å². The van der Waals surface area contributed by atoms with Crippen molar-refractivity contribution in [3.05, 3.63) is 58.5 Å². The minimum Gasteiger partial charge on any atom is -0.357 e. The molecule has 2 heterocycles. The fourth-order valence-corrected chi connectivity index (χ4v) is 3.08. The summed E-state index contributed by atoms with van der Waals surface area (Å²) in [6.45, 7) is 4.84. The second kappa shape index (κ2) is 5.93. The van der Waals surface area contributed by atoms with Crippen molar-refractivity contribution >= 4 is 16.5 Å². The van der Waals surface area contributed by atoms with Crippen molar-refractivity contribution in [3.63, 3.8) is 0 Å². The van der Waals surface area contributed by atoms with E-state index in [0.717, 1.165) is 16.4 Å². The van der Waals surface area contributed by atoms with Gasteiger partial charge in [-0.15, -0.1) is 11.3 Å². The summed E-state index contributed by atoms with van der Waals surface area (Å²) in [5.41, 5.74) is 5.64. The Balaban J connectivity index is 1.73. The molecule has 0 atom stereocenters. The monoisotopic (exact) mass is 315 g/mol. The quantitative estimate of drug-likeness (QED) is 0.767. The molecule has 0 amide bonds. The highest BCUT2D eigenvalue weighted by Gasteiger charge is 2.11. The van der Waals surface area contributed by atoms with Gasteiger partial charge in [0.1, 0.15) is 5.82 Å². The van der Waals surface area contributed by atoms with Gasteiger partial charge >= 0.3 is 0 Å². The number of benzene rings is 1. The molecule has 3 aromatic rings. The molecule has 0 unspecified atom stereocenters. The SMILES string of the molecule is Cc1cc(-c2csc(NCc3ccc(F)cc3)n2)c(C)n1C. The van der Waals surface area contributed by atoms with Crippen LogP contribution in [0.15, 0.2) is 35.7 Å². The predicted molar refractivity (Wildman–Crippen MR) is 89.7 cm³/mol. The van der Waals surface area contributed by atoms with Crippen molar-refractivity contribution in [2.75, 3.05) is 5.32 Å². The fourth-order valence-electron chi connectivity index (χ4n) is 2.37. The van der Waals surface area contributed by atoms with Gasteiger partial charge in [0.05, 0.1) is 5.69 Å². The van der Waals surface area contributed by atoms with Gasteiger partial charge in [0.15, 0.2) is 5.13 Å². The number of nitrogens with zero attached hydrogens (tertiary/aromatic N) is 2. The first-order valence-corrected chi connectivity index (χ1v) is 7.99. The Morgan fingerprint density at radius 1 is 1.23 bits per heavy atom. The van der Waals surface area contributed by atoms with Crippen LogP contribution in [0, 0.1) is 19.7 Å². The van der Waals surface area contributed by atoms with Gasteiger partial charge in [0.25, 0.3) is 0 Å². The van der Waals surface area contributed by atoms with Gasteiger partial charge < -0.3 is 9.88 Å². The maximum absolute atomic E-state index is 12.9. The third-order valence-electron chi connectivity index (χ3n) is 3.91. The topological polar surface area (TPSA) is 29.9 Å². The van der Waals surface area contributed by atoms with E-state index in [0.29, 0.717) is 6.54 Å². The predicted octanol–water partition coefficient (Wildman–Crippen LogP) is 4.52. The Morgan fingerprint density at radius 2 is 1.95 bits per heavy atom. The fraction of sp³-hybridized carbons (Fsp3) is 0.235. The normalized spacial score (nSPS) is 10.9. The zero-order valence-corrected chi connectivity index (χ0v) is 13.7. The zero-order chi connectivity index (χ0) is 15.7. The Labute approximate surface area is 133 Å². The number of hydrogen-bond acceptors (Lipinski definition) is 3. The number of thiazole rings is 1. The molecule has 0 saturated heterocycles. The first-order chi connectivity index (χ1) is 10.5. The molecule has 0 fully saturated rings. The number of aromatic nitrogens is 2. The number of nitrogens with one attached hydrogen (secondary N) is 1. The Hall–Kier alpha value is -2.14. The highest BCUT2D eigenvalue weighted by Crippen LogP contribution is 2.29. The lowest BCUT2D eigenvalue weighted by Gasteiger charge is -2.02. The third kappa shape index (κ3) is 2.90. The molecule has 2 aromatic heterocycles. The number of rotatable bonds is 4. The van der Waals surface area contributed by atoms with E-state index in [2.05, 4.69) is 47.2 Å². The Bertz CT molecular complexity index is 787. The molecule has 0 saturated carbocycles. The molecule has 3 rings (SSSR count). The van der Waals surface area contributed by atoms with Crippen LogP contribution in [-0.2, 0) is 13.6 Å². The summed E-state index contributed by atoms with van der Waals surface area (Å²) < 4.78 is 15.0. The van der Waals surface area contributed by atoms with E-state index in [1.807, 2.05) is 0 Å². The van der Waals surface area contributed by atoms with Crippen LogP contribution < -0.4 is 5.32 Å². The summed E-state index contributed by atoms with van der Waals surface area (Å²) >= 11 is 1.59. The number of halogens is 1. The van der Waals surface area contributed by atoms with E-state index in [4.69, 9.17) is 0 Å². The average Bonchev–Trinajstić information content (AvgIpc) is 3.07. The lowest BCUT2D eigenvalue weighted by molar-refractivity contribution is 0.627. The molecule has 3 nitrogen and oxygen atoms in total. The smallest absolute Gasteiger partial charge is 0.183 e. The van der Waals surface area contributed by atoms with E-state index in [9.17, 15) is 4.39 Å². The zero-order valence-electron chi connectivity index (χ0n) is 12.9. The lowest BCUT2D eigenvalue weighted by atomic mass is 10.2. The summed E-state index contributed by atoms with van der Waals surface area (Å²) in [7, 11) is 2.06. The van der Waals surface area contributed by atoms with Crippen LogP contribution in [0.2, 0.25) is 0 Å². The first kappa shape index (κ1) is 14.8. The molecule has 1 aromatic carbocycles. The van der Waals surface area contributed by atoms with E-state index in [-0.39, 0.29) is 5.82 Å². The van der Waals surface area contributed by atoms with E-state index in [1.165, 1.54) is 29.1 Å². The van der Waals surface area contributed by atoms with E-state index >= 15 is 0 Å². The van der Waals surface area contributed by atoms with Crippen molar-refractivity contribution < 1.29 is 4.39 Å². The average molecular weight is 315 g/mol. The molecule has 0 aliphatic heterocycles. The Kier molecular flexibility index (Phi) is 3.98. The molecule has 0 spiro atoms. The summed E-state index contributed by atoms with van der Waals surface area (Å²) in [4.78, 5) is 4.65. The molecule has 114 valence electrons. The van der Waals surface area contributed by atoms with Crippen molar-refractivity contribution in [1.82, 2.24) is 9.55 Å². The third-order valence-corrected chi connectivity index (χ3v) is 4.71. The van der Waals surface area contributed by atoms with E-state index < -0.39 is 0 Å². The maximum atomic E-state index is 12.9. The van der Waals surface area contributed by atoms with Crippen LogP contribution in [0.4, 0.5) is 9.52 Å². The second-order valence-corrected chi connectivity index (χ2v) is 6.22. The van der Waals surface area contributed by atoms with Crippen molar-refractivity contribution in [1.29, 1.82) is 0 Å². The van der Waals surface area contributed by atoms with Crippen LogP contribution in [0.25, 0.3) is 11.3 Å². The molecule has 22 heavy (non-hydrogen) atoms. The largest absolute Gasteiger partial charge is 0.357 e. The van der Waals surface area contributed by atoms with Crippen molar-refractivity contribution in [2.24, 2.45) is 7.05 Å². The summed E-state index contributed by atoms with van der Waals surface area (Å²) in [6, 6.07) is 8.66. The maximum Gasteiger partial charge on any atom is 0.183 e. The molecule has 1 N–H and O–H groups in total. The number of aryl methyl sites for hydroxylation is 1. The van der Waals surface area contributed by atoms with Gasteiger partial charge in [-0.3, -0.25) is 0 Å². The van der Waals surface area contributed by atoms with Crippen molar-refractivity contribution in [2.45, 2.75) is 20.4 Å². The van der Waals surface area contributed by atoms with Crippen LogP contribution in [0.3, 0.4) is 0 Å². The minimum atomic E-state index is -0.213. The van der Waals surface area contributed by atoms with Gasteiger partial charge in [-0.1, -0.05) is 12.1 Å². The number of hydrogen-bond donors (Lipinski definition) is 1.